The fourth-order valence-electron chi connectivity index (χ4n) is 5.34. The van der Waals surface area contributed by atoms with Crippen LogP contribution in [-0.4, -0.2) is 69.6 Å². The van der Waals surface area contributed by atoms with Gasteiger partial charge in [0.1, 0.15) is 12.1 Å². The quantitative estimate of drug-likeness (QED) is 0.630. The predicted molar refractivity (Wildman–Crippen MR) is 126 cm³/mol. The van der Waals surface area contributed by atoms with Crippen molar-refractivity contribution in [3.8, 4) is 10.4 Å². The molecule has 5 rings (SSSR count). The first-order valence-electron chi connectivity index (χ1n) is 11.6. The van der Waals surface area contributed by atoms with E-state index in [-0.39, 0.29) is 35.8 Å². The zero-order valence-electron chi connectivity index (χ0n) is 18.2. The van der Waals surface area contributed by atoms with E-state index >= 15 is 0 Å². The topological polar surface area (TPSA) is 91.8 Å². The van der Waals surface area contributed by atoms with Gasteiger partial charge in [-0.3, -0.25) is 14.6 Å². The van der Waals surface area contributed by atoms with Gasteiger partial charge in [-0.15, -0.1) is 22.9 Å². The minimum atomic E-state index is -0.759. The fourth-order valence-corrected chi connectivity index (χ4v) is 6.61. The van der Waals surface area contributed by atoms with Gasteiger partial charge in [0.15, 0.2) is 0 Å². The Balaban J connectivity index is 1.36. The van der Waals surface area contributed by atoms with E-state index in [0.29, 0.717) is 11.4 Å². The number of rotatable bonds is 5. The second-order valence-electron chi connectivity index (χ2n) is 9.12. The molecule has 3 aliphatic rings. The maximum atomic E-state index is 13.8. The lowest BCUT2D eigenvalue weighted by Crippen LogP contribution is -2.55. The lowest BCUT2D eigenvalue weighted by atomic mass is 9.83. The highest BCUT2D eigenvalue weighted by Gasteiger charge is 2.53. The van der Waals surface area contributed by atoms with Crippen LogP contribution in [0.4, 0.5) is 0 Å². The lowest BCUT2D eigenvalue weighted by molar-refractivity contribution is -0.137. The van der Waals surface area contributed by atoms with E-state index in [4.69, 9.17) is 16.3 Å². The van der Waals surface area contributed by atoms with Gasteiger partial charge in [0.05, 0.1) is 29.0 Å². The molecule has 1 aliphatic carbocycles. The number of carbonyl (C=O) groups is 2. The minimum absolute atomic E-state index is 0.0697. The van der Waals surface area contributed by atoms with Crippen molar-refractivity contribution in [1.82, 2.24) is 15.2 Å². The van der Waals surface area contributed by atoms with Crippen molar-refractivity contribution in [3.63, 3.8) is 0 Å². The molecule has 0 bridgehead atoms. The van der Waals surface area contributed by atoms with Gasteiger partial charge in [0.25, 0.3) is 5.91 Å². The molecule has 2 N–H and O–H groups in total. The molecule has 5 atom stereocenters. The molecule has 2 aromatic rings. The number of alkyl halides is 1. The SMILES string of the molecule is O=C(N[C@H](C(=O)N1C[C@H](Cl)[C@H]2OC[C@H](O)[C@H]21)C1CCCCC1)c1ccc(-c2cccnc2)s1. The number of fused-ring (bicyclic) bond motifs is 1. The molecule has 9 heteroatoms. The predicted octanol–water partition coefficient (Wildman–Crippen LogP) is 3.07. The molecule has 4 heterocycles. The highest BCUT2D eigenvalue weighted by Crippen LogP contribution is 2.35. The van der Waals surface area contributed by atoms with Crippen molar-refractivity contribution >= 4 is 34.8 Å². The standard InChI is InChI=1S/C24H28ClN3O4S/c25-16-12-28(21-17(29)13-32-22(16)21)24(31)20(14-5-2-1-3-6-14)27-23(30)19-9-8-18(33-19)15-7-4-10-26-11-15/h4,7-11,14,16-17,20-22,29H,1-3,5-6,12-13H2,(H,27,30)/t16-,17-,20-,21+,22+/m0/s1. The van der Waals surface area contributed by atoms with Gasteiger partial charge in [0, 0.05) is 29.4 Å². The summed E-state index contributed by atoms with van der Waals surface area (Å²) in [5.74, 6) is -0.345. The number of aliphatic hydroxyl groups is 1. The van der Waals surface area contributed by atoms with Gasteiger partial charge in [-0.2, -0.15) is 0 Å². The second-order valence-corrected chi connectivity index (χ2v) is 10.8. The van der Waals surface area contributed by atoms with Crippen LogP contribution in [0.3, 0.4) is 0 Å². The number of pyridine rings is 1. The summed E-state index contributed by atoms with van der Waals surface area (Å²) in [5.41, 5.74) is 0.952. The van der Waals surface area contributed by atoms with Crippen LogP contribution in [0.15, 0.2) is 36.7 Å². The Morgan fingerprint density at radius 2 is 2.06 bits per heavy atom. The highest BCUT2D eigenvalue weighted by atomic mass is 35.5. The monoisotopic (exact) mass is 489 g/mol. The molecular formula is C24H28ClN3O4S. The van der Waals surface area contributed by atoms with E-state index in [1.807, 2.05) is 18.2 Å². The van der Waals surface area contributed by atoms with E-state index in [2.05, 4.69) is 10.3 Å². The number of hydrogen-bond donors (Lipinski definition) is 2. The Bertz CT molecular complexity index is 997. The number of amides is 2. The summed E-state index contributed by atoms with van der Waals surface area (Å²) in [5, 5.41) is 13.1. The number of halogens is 1. The number of thiophene rings is 1. The molecule has 2 aromatic heterocycles. The third-order valence-corrected chi connectivity index (χ3v) is 8.53. The number of nitrogens with zero attached hydrogens (tertiary/aromatic N) is 2. The number of ether oxygens (including phenoxy) is 1. The number of likely N-dealkylation sites (tertiary alicyclic amines) is 1. The van der Waals surface area contributed by atoms with Crippen LogP contribution in [0, 0.1) is 5.92 Å². The van der Waals surface area contributed by atoms with E-state index in [1.54, 1.807) is 23.4 Å². The molecule has 0 aromatic carbocycles. The molecule has 2 aliphatic heterocycles. The van der Waals surface area contributed by atoms with Crippen LogP contribution >= 0.6 is 22.9 Å². The first kappa shape index (κ1) is 22.8. The first-order chi connectivity index (χ1) is 16.0. The summed E-state index contributed by atoms with van der Waals surface area (Å²) in [7, 11) is 0. The molecule has 176 valence electrons. The van der Waals surface area contributed by atoms with Crippen molar-refractivity contribution < 1.29 is 19.4 Å². The minimum Gasteiger partial charge on any atom is -0.388 e. The molecule has 1 saturated carbocycles. The highest BCUT2D eigenvalue weighted by molar-refractivity contribution is 7.17. The fraction of sp³-hybridized carbons (Fsp3) is 0.542. The number of carbonyl (C=O) groups excluding carboxylic acids is 2. The summed E-state index contributed by atoms with van der Waals surface area (Å²) < 4.78 is 5.64. The average Bonchev–Trinajstić information content (AvgIpc) is 3.56. The van der Waals surface area contributed by atoms with Crippen molar-refractivity contribution in [2.45, 2.75) is 61.8 Å². The second kappa shape index (κ2) is 9.70. The van der Waals surface area contributed by atoms with Crippen molar-refractivity contribution in [1.29, 1.82) is 0 Å². The maximum Gasteiger partial charge on any atom is 0.262 e. The van der Waals surface area contributed by atoms with Crippen molar-refractivity contribution in [2.24, 2.45) is 5.92 Å². The molecule has 0 radical (unpaired) electrons. The van der Waals surface area contributed by atoms with Gasteiger partial charge in [-0.1, -0.05) is 25.3 Å². The zero-order valence-corrected chi connectivity index (χ0v) is 19.8. The summed E-state index contributed by atoms with van der Waals surface area (Å²) >= 11 is 7.83. The van der Waals surface area contributed by atoms with Gasteiger partial charge in [0.2, 0.25) is 5.91 Å². The van der Waals surface area contributed by atoms with Crippen molar-refractivity contribution in [3.05, 3.63) is 41.5 Å². The molecule has 0 unspecified atom stereocenters. The van der Waals surface area contributed by atoms with Crippen molar-refractivity contribution in [2.75, 3.05) is 13.2 Å². The maximum absolute atomic E-state index is 13.8. The Morgan fingerprint density at radius 3 is 2.82 bits per heavy atom. The Morgan fingerprint density at radius 1 is 1.24 bits per heavy atom. The normalized spacial score (nSPS) is 28.5. The summed E-state index contributed by atoms with van der Waals surface area (Å²) in [6.45, 7) is 0.491. The summed E-state index contributed by atoms with van der Waals surface area (Å²) in [4.78, 5) is 34.3. The molecule has 2 saturated heterocycles. The molecular weight excluding hydrogens is 462 g/mol. The van der Waals surface area contributed by atoms with E-state index in [1.165, 1.54) is 11.3 Å². The van der Waals surface area contributed by atoms with Gasteiger partial charge >= 0.3 is 0 Å². The molecule has 0 spiro atoms. The van der Waals surface area contributed by atoms with E-state index in [9.17, 15) is 14.7 Å². The van der Waals surface area contributed by atoms with Gasteiger partial charge in [-0.25, -0.2) is 0 Å². The molecule has 3 fully saturated rings. The first-order valence-corrected chi connectivity index (χ1v) is 12.8. The number of aromatic nitrogens is 1. The smallest absolute Gasteiger partial charge is 0.262 e. The third kappa shape index (κ3) is 4.54. The largest absolute Gasteiger partial charge is 0.388 e. The Kier molecular flexibility index (Phi) is 6.69. The number of nitrogens with one attached hydrogen (secondary N) is 1. The average molecular weight is 490 g/mol. The Labute approximate surface area is 202 Å². The van der Waals surface area contributed by atoms with Gasteiger partial charge < -0.3 is 20.1 Å². The van der Waals surface area contributed by atoms with Crippen LogP contribution in [-0.2, 0) is 9.53 Å². The number of aliphatic hydroxyl groups excluding tert-OH is 1. The van der Waals surface area contributed by atoms with Crippen LogP contribution < -0.4 is 5.32 Å². The van der Waals surface area contributed by atoms with E-state index < -0.39 is 18.2 Å². The lowest BCUT2D eigenvalue weighted by Gasteiger charge is -2.35. The van der Waals surface area contributed by atoms with Gasteiger partial charge in [-0.05, 0) is 37.0 Å². The summed E-state index contributed by atoms with van der Waals surface area (Å²) in [6, 6.07) is 6.42. The third-order valence-electron chi connectivity index (χ3n) is 7.01. The van der Waals surface area contributed by atoms with E-state index in [0.717, 1.165) is 42.5 Å². The van der Waals surface area contributed by atoms with Crippen LogP contribution in [0.5, 0.6) is 0 Å². The summed E-state index contributed by atoms with van der Waals surface area (Å²) in [6.07, 6.45) is 7.39. The molecule has 7 nitrogen and oxygen atoms in total. The molecule has 33 heavy (non-hydrogen) atoms. The Hall–Kier alpha value is -2.00. The number of hydrogen-bond acceptors (Lipinski definition) is 6. The van der Waals surface area contributed by atoms with Crippen LogP contribution in [0.2, 0.25) is 0 Å². The van der Waals surface area contributed by atoms with Crippen LogP contribution in [0.1, 0.15) is 41.8 Å². The van der Waals surface area contributed by atoms with Crippen LogP contribution in [0.25, 0.3) is 10.4 Å². The zero-order chi connectivity index (χ0) is 22.9. The molecule has 2 amide bonds.